The zero-order valence-electron chi connectivity index (χ0n) is 9.91. The summed E-state index contributed by atoms with van der Waals surface area (Å²) in [6.07, 6.45) is 1.92. The van der Waals surface area contributed by atoms with Crippen molar-refractivity contribution in [2.75, 3.05) is 13.1 Å². The molecule has 94 valence electrons. The molecule has 0 atom stereocenters. The van der Waals surface area contributed by atoms with Crippen molar-refractivity contribution in [1.29, 1.82) is 0 Å². The molecular weight excluding hydrogens is 310 g/mol. The Morgan fingerprint density at radius 1 is 1.33 bits per heavy atom. The molecule has 1 aromatic heterocycles. The number of halogens is 1. The predicted molar refractivity (Wildman–Crippen MR) is 79.4 cm³/mol. The molecule has 18 heavy (non-hydrogen) atoms. The van der Waals surface area contributed by atoms with Gasteiger partial charge in [0.2, 0.25) is 0 Å². The van der Waals surface area contributed by atoms with Crippen molar-refractivity contribution < 1.29 is 4.79 Å². The Bertz CT molecular complexity index is 586. The third kappa shape index (κ3) is 2.13. The normalized spacial score (nSPS) is 17.2. The highest BCUT2D eigenvalue weighted by atomic mass is 79.9. The number of rotatable bonds is 2. The molecule has 1 saturated heterocycles. The van der Waals surface area contributed by atoms with E-state index in [9.17, 15) is 4.79 Å². The van der Waals surface area contributed by atoms with Crippen LogP contribution in [-0.4, -0.2) is 18.9 Å². The van der Waals surface area contributed by atoms with E-state index in [-0.39, 0.29) is 5.92 Å². The summed E-state index contributed by atoms with van der Waals surface area (Å²) in [5.41, 5.74) is 0.906. The number of piperidine rings is 1. The fourth-order valence-corrected chi connectivity index (χ4v) is 4.13. The number of ketones is 1. The molecule has 1 fully saturated rings. The van der Waals surface area contributed by atoms with E-state index < -0.39 is 0 Å². The van der Waals surface area contributed by atoms with Gasteiger partial charge in [-0.3, -0.25) is 4.79 Å². The topological polar surface area (TPSA) is 29.1 Å². The summed E-state index contributed by atoms with van der Waals surface area (Å²) in [4.78, 5) is 12.5. The van der Waals surface area contributed by atoms with E-state index in [4.69, 9.17) is 0 Å². The van der Waals surface area contributed by atoms with Gasteiger partial charge in [0.15, 0.2) is 5.78 Å². The number of carbonyl (C=O) groups is 1. The van der Waals surface area contributed by atoms with Crippen LogP contribution in [0.1, 0.15) is 23.2 Å². The third-order valence-electron chi connectivity index (χ3n) is 3.53. The Hall–Kier alpha value is -0.710. The highest BCUT2D eigenvalue weighted by Crippen LogP contribution is 2.34. The summed E-state index contributed by atoms with van der Waals surface area (Å²) >= 11 is 5.19. The standard InChI is InChI=1S/C14H14BrNOS/c15-12-3-1-2-10-11(8-18-14(10)12)13(17)9-4-6-16-7-5-9/h1-3,8-9,16H,4-7H2. The van der Waals surface area contributed by atoms with Crippen LogP contribution in [0.15, 0.2) is 28.1 Å². The van der Waals surface area contributed by atoms with Gasteiger partial charge in [-0.15, -0.1) is 11.3 Å². The number of fused-ring (bicyclic) bond motifs is 1. The van der Waals surface area contributed by atoms with Gasteiger partial charge < -0.3 is 5.32 Å². The summed E-state index contributed by atoms with van der Waals surface area (Å²) in [7, 11) is 0. The summed E-state index contributed by atoms with van der Waals surface area (Å²) in [5, 5.41) is 6.41. The Morgan fingerprint density at radius 3 is 2.89 bits per heavy atom. The number of benzene rings is 1. The molecule has 1 N–H and O–H groups in total. The molecular formula is C14H14BrNOS. The summed E-state index contributed by atoms with van der Waals surface area (Å²) in [5.74, 6) is 0.517. The van der Waals surface area contributed by atoms with Crippen molar-refractivity contribution in [3.63, 3.8) is 0 Å². The van der Waals surface area contributed by atoms with Crippen LogP contribution in [-0.2, 0) is 0 Å². The lowest BCUT2D eigenvalue weighted by molar-refractivity contribution is 0.0897. The molecule has 2 aromatic rings. The molecule has 1 aliphatic rings. The van der Waals surface area contributed by atoms with Gasteiger partial charge >= 0.3 is 0 Å². The van der Waals surface area contributed by atoms with Gasteiger partial charge in [0.05, 0.1) is 0 Å². The SMILES string of the molecule is O=C(c1csc2c(Br)cccc12)C1CCNCC1. The van der Waals surface area contributed by atoms with Crippen molar-refractivity contribution >= 4 is 43.1 Å². The van der Waals surface area contributed by atoms with Gasteiger partial charge in [0.1, 0.15) is 0 Å². The molecule has 3 rings (SSSR count). The quantitative estimate of drug-likeness (QED) is 0.850. The fourth-order valence-electron chi connectivity index (χ4n) is 2.52. The van der Waals surface area contributed by atoms with Crippen molar-refractivity contribution in [1.82, 2.24) is 5.32 Å². The highest BCUT2D eigenvalue weighted by molar-refractivity contribution is 9.10. The molecule has 4 heteroatoms. The first-order valence-corrected chi connectivity index (χ1v) is 7.85. The molecule has 2 heterocycles. The molecule has 0 unspecified atom stereocenters. The van der Waals surface area contributed by atoms with E-state index in [1.807, 2.05) is 23.6 Å². The summed E-state index contributed by atoms with van der Waals surface area (Å²) in [6, 6.07) is 6.07. The minimum absolute atomic E-state index is 0.197. The largest absolute Gasteiger partial charge is 0.317 e. The lowest BCUT2D eigenvalue weighted by atomic mass is 9.89. The number of thiophene rings is 1. The molecule has 0 aliphatic carbocycles. The second-order valence-electron chi connectivity index (χ2n) is 4.65. The van der Waals surface area contributed by atoms with Crippen LogP contribution in [0, 0.1) is 5.92 Å². The van der Waals surface area contributed by atoms with Crippen molar-refractivity contribution in [3.8, 4) is 0 Å². The molecule has 1 aromatic carbocycles. The van der Waals surface area contributed by atoms with Gasteiger partial charge in [-0.25, -0.2) is 0 Å². The number of nitrogens with one attached hydrogen (secondary N) is 1. The molecule has 1 aliphatic heterocycles. The van der Waals surface area contributed by atoms with Gasteiger partial charge in [-0.2, -0.15) is 0 Å². The van der Waals surface area contributed by atoms with Crippen molar-refractivity contribution in [2.45, 2.75) is 12.8 Å². The Labute approximate surface area is 119 Å². The zero-order valence-corrected chi connectivity index (χ0v) is 12.3. The third-order valence-corrected chi connectivity index (χ3v) is 5.48. The van der Waals surface area contributed by atoms with E-state index >= 15 is 0 Å². The van der Waals surface area contributed by atoms with Crippen LogP contribution >= 0.6 is 27.3 Å². The van der Waals surface area contributed by atoms with Crippen LogP contribution in [0.4, 0.5) is 0 Å². The van der Waals surface area contributed by atoms with Crippen LogP contribution in [0.5, 0.6) is 0 Å². The Morgan fingerprint density at radius 2 is 2.11 bits per heavy atom. The number of Topliss-reactive ketones (excluding diaryl/α,β-unsaturated/α-hetero) is 1. The predicted octanol–water partition coefficient (Wildman–Crippen LogP) is 3.85. The molecule has 0 radical (unpaired) electrons. The van der Waals surface area contributed by atoms with Crippen LogP contribution < -0.4 is 5.32 Å². The zero-order chi connectivity index (χ0) is 12.5. The maximum absolute atomic E-state index is 12.5. The van der Waals surface area contributed by atoms with Gasteiger partial charge in [0.25, 0.3) is 0 Å². The summed E-state index contributed by atoms with van der Waals surface area (Å²) < 4.78 is 2.25. The number of hydrogen-bond donors (Lipinski definition) is 1. The number of hydrogen-bond acceptors (Lipinski definition) is 3. The Balaban J connectivity index is 1.98. The van der Waals surface area contributed by atoms with Gasteiger partial charge in [-0.05, 0) is 47.9 Å². The first-order chi connectivity index (χ1) is 8.77. The van der Waals surface area contributed by atoms with E-state index in [1.165, 1.54) is 4.70 Å². The average Bonchev–Trinajstić information content (AvgIpc) is 2.84. The number of carbonyl (C=O) groups excluding carboxylic acids is 1. The molecule has 0 bridgehead atoms. The average molecular weight is 324 g/mol. The smallest absolute Gasteiger partial charge is 0.167 e. The van der Waals surface area contributed by atoms with Crippen molar-refractivity contribution in [3.05, 3.63) is 33.6 Å². The van der Waals surface area contributed by atoms with Crippen LogP contribution in [0.2, 0.25) is 0 Å². The highest BCUT2D eigenvalue weighted by Gasteiger charge is 2.24. The molecule has 0 spiro atoms. The van der Waals surface area contributed by atoms with Crippen LogP contribution in [0.25, 0.3) is 10.1 Å². The van der Waals surface area contributed by atoms with E-state index in [1.54, 1.807) is 11.3 Å². The van der Waals surface area contributed by atoms with E-state index in [2.05, 4.69) is 21.2 Å². The van der Waals surface area contributed by atoms with Gasteiger partial charge in [0, 0.05) is 31.4 Å². The monoisotopic (exact) mass is 323 g/mol. The first kappa shape index (κ1) is 12.3. The summed E-state index contributed by atoms with van der Waals surface area (Å²) in [6.45, 7) is 1.92. The van der Waals surface area contributed by atoms with E-state index in [0.29, 0.717) is 5.78 Å². The first-order valence-electron chi connectivity index (χ1n) is 6.18. The Kier molecular flexibility index (Phi) is 3.50. The minimum Gasteiger partial charge on any atom is -0.317 e. The van der Waals surface area contributed by atoms with Crippen LogP contribution in [0.3, 0.4) is 0 Å². The lowest BCUT2D eigenvalue weighted by Crippen LogP contribution is -2.31. The maximum Gasteiger partial charge on any atom is 0.167 e. The van der Waals surface area contributed by atoms with Gasteiger partial charge in [-0.1, -0.05) is 12.1 Å². The fraction of sp³-hybridized carbons (Fsp3) is 0.357. The second-order valence-corrected chi connectivity index (χ2v) is 6.39. The molecule has 2 nitrogen and oxygen atoms in total. The van der Waals surface area contributed by atoms with Crippen molar-refractivity contribution in [2.24, 2.45) is 5.92 Å². The maximum atomic E-state index is 12.5. The minimum atomic E-state index is 0.197. The molecule has 0 saturated carbocycles. The molecule has 0 amide bonds. The van der Waals surface area contributed by atoms with E-state index in [0.717, 1.165) is 41.4 Å². The lowest BCUT2D eigenvalue weighted by Gasteiger charge is -2.21. The second kappa shape index (κ2) is 5.11.